The van der Waals surface area contributed by atoms with Crippen LogP contribution in [-0.4, -0.2) is 82.7 Å². The fourth-order valence-corrected chi connectivity index (χ4v) is 0.809. The molecule has 0 amide bonds. The van der Waals surface area contributed by atoms with Gasteiger partial charge in [0.2, 0.25) is 0 Å². The molecule has 0 spiro atoms. The molecular formula is C16H48O4Si2Sn2. The molecule has 0 aromatic heterocycles. The first kappa shape index (κ1) is 33.5. The van der Waals surface area contributed by atoms with E-state index in [0.29, 0.717) is 0 Å². The van der Waals surface area contributed by atoms with Crippen LogP contribution in [0.4, 0.5) is 0 Å². The summed E-state index contributed by atoms with van der Waals surface area (Å²) < 4.78 is 20.2. The predicted octanol–water partition coefficient (Wildman–Crippen LogP) is 5.87. The predicted molar refractivity (Wildman–Crippen MR) is 121 cm³/mol. The zero-order valence-electron chi connectivity index (χ0n) is 19.6. The van der Waals surface area contributed by atoms with Gasteiger partial charge in [-0.25, -0.2) is 0 Å². The molecule has 0 aliphatic heterocycles. The van der Waals surface area contributed by atoms with Crippen molar-refractivity contribution in [3.05, 3.63) is 0 Å². The van der Waals surface area contributed by atoms with Gasteiger partial charge in [0, 0.05) is 22.3 Å². The van der Waals surface area contributed by atoms with Crippen LogP contribution in [0.5, 0.6) is 0 Å². The monoisotopic (exact) mass is 600 g/mol. The zero-order chi connectivity index (χ0) is 20.8. The Bertz CT molecular complexity index is 224. The molecule has 8 heteroatoms. The van der Waals surface area contributed by atoms with Crippen molar-refractivity contribution in [1.29, 1.82) is 0 Å². The summed E-state index contributed by atoms with van der Waals surface area (Å²) in [5.74, 6) is 0. The Hall–Kier alpha value is 1.87. The molecular weight excluding hydrogens is 550 g/mol. The molecule has 0 aliphatic carbocycles. The Morgan fingerprint density at radius 1 is 0.542 bits per heavy atom. The van der Waals surface area contributed by atoms with Gasteiger partial charge in [-0.3, -0.25) is 0 Å². The van der Waals surface area contributed by atoms with E-state index in [4.69, 9.17) is 15.0 Å². The van der Waals surface area contributed by atoms with Gasteiger partial charge in [-0.15, -0.1) is 0 Å². The van der Waals surface area contributed by atoms with E-state index in [1.807, 2.05) is 13.1 Å². The van der Waals surface area contributed by atoms with Crippen molar-refractivity contribution >= 4 is 54.2 Å². The molecule has 0 fully saturated rings. The molecule has 0 heterocycles. The first-order chi connectivity index (χ1) is 10.2. The van der Waals surface area contributed by atoms with Crippen molar-refractivity contribution in [2.75, 3.05) is 28.4 Å². The van der Waals surface area contributed by atoms with E-state index >= 15 is 0 Å². The van der Waals surface area contributed by atoms with E-state index in [0.717, 1.165) is 0 Å². The van der Waals surface area contributed by atoms with Crippen molar-refractivity contribution in [3.63, 3.8) is 0 Å². The second-order valence-electron chi connectivity index (χ2n) is 9.62. The molecule has 0 saturated heterocycles. The quantitative estimate of drug-likeness (QED) is 0.380. The second kappa shape index (κ2) is 15.9. The Balaban J connectivity index is -0.000000113. The maximum atomic E-state index is 5.07. The van der Waals surface area contributed by atoms with Gasteiger partial charge >= 0.3 is 96.1 Å². The molecule has 0 N–H and O–H groups in total. The third kappa shape index (κ3) is 64.9. The standard InChI is InChI=1S/C4H12O2Si.C4H12Si.2CH3O.6CH3.2Sn/c1-5-7(3,4)6-2;1-5(2,3)4;2*1-2;;;;;;;;/h1-4H3;1-4H3;2*1H3;6*1H3;;/q;;2*-1;;;;;;;;+2. The van der Waals surface area contributed by atoms with Crippen molar-refractivity contribution in [3.8, 4) is 0 Å². The summed E-state index contributed by atoms with van der Waals surface area (Å²) in [6, 6.07) is 0. The van der Waals surface area contributed by atoms with E-state index < -0.39 is 54.2 Å². The molecule has 0 bridgehead atoms. The molecule has 0 unspecified atom stereocenters. The fraction of sp³-hybridized carbons (Fsp3) is 1.00. The van der Waals surface area contributed by atoms with Crippen molar-refractivity contribution in [2.24, 2.45) is 0 Å². The normalized spacial score (nSPS) is 12.0. The van der Waals surface area contributed by atoms with Gasteiger partial charge < -0.3 is 8.85 Å². The van der Waals surface area contributed by atoms with E-state index in [2.05, 4.69) is 55.8 Å². The van der Waals surface area contributed by atoms with Crippen LogP contribution in [0.25, 0.3) is 0 Å². The Kier molecular flexibility index (Phi) is 22.1. The molecule has 0 radical (unpaired) electrons. The summed E-state index contributed by atoms with van der Waals surface area (Å²) in [5.41, 5.74) is 0. The number of rotatable bonds is 4. The first-order valence-corrected chi connectivity index (χ1v) is 34.7. The van der Waals surface area contributed by atoms with Gasteiger partial charge in [-0.05, 0) is 13.1 Å². The summed E-state index contributed by atoms with van der Waals surface area (Å²) in [7, 11) is 4.51. The summed E-state index contributed by atoms with van der Waals surface area (Å²) in [5, 5.41) is 0. The number of hydrogen-bond acceptors (Lipinski definition) is 4. The first-order valence-electron chi connectivity index (χ1n) is 8.45. The Labute approximate surface area is 165 Å². The van der Waals surface area contributed by atoms with Crippen molar-refractivity contribution in [2.45, 2.75) is 68.9 Å². The zero-order valence-corrected chi connectivity index (χ0v) is 27.3. The third-order valence-corrected chi connectivity index (χ3v) is 9.54. The van der Waals surface area contributed by atoms with E-state index in [-0.39, 0.29) is 0 Å². The van der Waals surface area contributed by atoms with Gasteiger partial charge in [0.05, 0.1) is 0 Å². The van der Waals surface area contributed by atoms with E-state index in [1.54, 1.807) is 28.4 Å². The van der Waals surface area contributed by atoms with E-state index in [9.17, 15) is 0 Å². The molecule has 0 atom stereocenters. The molecule has 0 aliphatic rings. The molecule has 24 heavy (non-hydrogen) atoms. The maximum absolute atomic E-state index is 5.07. The molecule has 0 aromatic carbocycles. The molecule has 4 nitrogen and oxygen atoms in total. The van der Waals surface area contributed by atoms with Crippen molar-refractivity contribution in [1.82, 2.24) is 0 Å². The van der Waals surface area contributed by atoms with Crippen LogP contribution >= 0.6 is 0 Å². The molecule has 0 saturated carbocycles. The van der Waals surface area contributed by atoms with Crippen LogP contribution < -0.4 is 0 Å². The molecule has 152 valence electrons. The summed E-state index contributed by atoms with van der Waals surface area (Å²) in [6.45, 7) is 13.3. The van der Waals surface area contributed by atoms with Gasteiger partial charge in [0.1, 0.15) is 0 Å². The van der Waals surface area contributed by atoms with Crippen molar-refractivity contribution < 1.29 is 15.0 Å². The third-order valence-electron chi connectivity index (χ3n) is 1.97. The average molecular weight is 598 g/mol. The van der Waals surface area contributed by atoms with Crippen LogP contribution in [0.2, 0.25) is 68.9 Å². The second-order valence-corrected chi connectivity index (χ2v) is 46.7. The van der Waals surface area contributed by atoms with Gasteiger partial charge in [-0.1, -0.05) is 26.2 Å². The minimum atomic E-state index is -2.28. The summed E-state index contributed by atoms with van der Waals surface area (Å²) in [4.78, 5) is 13.7. The summed E-state index contributed by atoms with van der Waals surface area (Å²) in [6.07, 6.45) is 0. The minimum absolute atomic E-state index is 0.611. The van der Waals surface area contributed by atoms with Crippen LogP contribution in [0, 0.1) is 0 Å². The van der Waals surface area contributed by atoms with Gasteiger partial charge in [-0.2, -0.15) is 0 Å². The van der Waals surface area contributed by atoms with Crippen LogP contribution in [-0.2, 0) is 15.0 Å². The fourth-order valence-electron chi connectivity index (χ4n) is 0.167. The van der Waals surface area contributed by atoms with Crippen LogP contribution in [0.1, 0.15) is 0 Å². The van der Waals surface area contributed by atoms with Crippen LogP contribution in [0.3, 0.4) is 0 Å². The molecule has 0 rings (SSSR count). The Morgan fingerprint density at radius 2 is 0.708 bits per heavy atom. The number of hydrogen-bond donors (Lipinski definition) is 0. The van der Waals surface area contributed by atoms with Gasteiger partial charge in [0.15, 0.2) is 0 Å². The van der Waals surface area contributed by atoms with Gasteiger partial charge in [0.25, 0.3) is 0 Å². The Morgan fingerprint density at radius 3 is 0.708 bits per heavy atom. The summed E-state index contributed by atoms with van der Waals surface area (Å²) >= 11 is -3.46. The van der Waals surface area contributed by atoms with Crippen LogP contribution in [0.15, 0.2) is 0 Å². The average Bonchev–Trinajstić information content (AvgIpc) is 2.35. The topological polar surface area (TPSA) is 36.9 Å². The molecule has 0 aromatic rings. The SMILES string of the molecule is CO[Si](C)(C)OC.C[O][Sn]([CH3])([CH3])[O]C.C[Si](C)(C)C.[CH3][Sn]([CH3])([CH3])[CH3]. The van der Waals surface area contributed by atoms with E-state index in [1.165, 1.54) is 0 Å².